The van der Waals surface area contributed by atoms with Gasteiger partial charge < -0.3 is 9.64 Å². The minimum absolute atomic E-state index is 0.118. The number of rotatable bonds is 5. The summed E-state index contributed by atoms with van der Waals surface area (Å²) < 4.78 is 19.4. The van der Waals surface area contributed by atoms with Crippen LogP contribution in [0.25, 0.3) is 0 Å². The van der Waals surface area contributed by atoms with E-state index in [4.69, 9.17) is 4.74 Å². The van der Waals surface area contributed by atoms with Crippen LogP contribution in [-0.2, 0) is 4.74 Å². The molecule has 18 heavy (non-hydrogen) atoms. The number of methoxy groups -OCH3 is 1. The highest BCUT2D eigenvalue weighted by Gasteiger charge is 2.33. The third kappa shape index (κ3) is 3.09. The van der Waals surface area contributed by atoms with E-state index in [2.05, 4.69) is 15.9 Å². The van der Waals surface area contributed by atoms with Crippen LogP contribution in [0.4, 0.5) is 4.39 Å². The molecule has 1 aliphatic rings. The fraction of sp³-hybridized carbons (Fsp3) is 0.462. The van der Waals surface area contributed by atoms with Crippen LogP contribution >= 0.6 is 15.9 Å². The van der Waals surface area contributed by atoms with E-state index in [9.17, 15) is 9.18 Å². The van der Waals surface area contributed by atoms with Gasteiger partial charge in [0, 0.05) is 24.2 Å². The van der Waals surface area contributed by atoms with Gasteiger partial charge in [-0.3, -0.25) is 4.79 Å². The molecule has 1 aromatic carbocycles. The molecular weight excluding hydrogens is 301 g/mol. The largest absolute Gasteiger partial charge is 0.383 e. The number of benzene rings is 1. The van der Waals surface area contributed by atoms with Gasteiger partial charge in [0.15, 0.2) is 0 Å². The first-order chi connectivity index (χ1) is 8.63. The molecule has 0 saturated heterocycles. The van der Waals surface area contributed by atoms with Crippen molar-refractivity contribution in [3.63, 3.8) is 0 Å². The highest BCUT2D eigenvalue weighted by Crippen LogP contribution is 2.29. The van der Waals surface area contributed by atoms with E-state index in [-0.39, 0.29) is 17.5 Å². The van der Waals surface area contributed by atoms with Gasteiger partial charge in [-0.15, -0.1) is 0 Å². The maximum absolute atomic E-state index is 13.7. The quantitative estimate of drug-likeness (QED) is 0.836. The molecular formula is C13H15BrFNO2. The number of halogens is 2. The number of amides is 1. The lowest BCUT2D eigenvalue weighted by Crippen LogP contribution is -2.36. The zero-order valence-corrected chi connectivity index (χ0v) is 11.7. The topological polar surface area (TPSA) is 29.5 Å². The van der Waals surface area contributed by atoms with Gasteiger partial charge in [0.2, 0.25) is 0 Å². The van der Waals surface area contributed by atoms with Crippen LogP contribution in [0.5, 0.6) is 0 Å². The highest BCUT2D eigenvalue weighted by atomic mass is 79.9. The molecule has 0 N–H and O–H groups in total. The Morgan fingerprint density at radius 2 is 2.28 bits per heavy atom. The molecule has 1 fully saturated rings. The second kappa shape index (κ2) is 5.80. The van der Waals surface area contributed by atoms with E-state index in [1.165, 1.54) is 12.1 Å². The van der Waals surface area contributed by atoms with Crippen LogP contribution in [0.2, 0.25) is 0 Å². The van der Waals surface area contributed by atoms with Gasteiger partial charge in [0.25, 0.3) is 5.91 Å². The summed E-state index contributed by atoms with van der Waals surface area (Å²) in [7, 11) is 1.59. The average Bonchev–Trinajstić information content (AvgIpc) is 3.17. The van der Waals surface area contributed by atoms with Crippen LogP contribution in [0.3, 0.4) is 0 Å². The lowest BCUT2D eigenvalue weighted by molar-refractivity contribution is 0.0675. The molecule has 2 rings (SSSR count). The van der Waals surface area contributed by atoms with Crippen LogP contribution in [0.1, 0.15) is 23.2 Å². The molecule has 1 saturated carbocycles. The van der Waals surface area contributed by atoms with Gasteiger partial charge in [-0.05, 0) is 31.0 Å². The van der Waals surface area contributed by atoms with Gasteiger partial charge in [0.1, 0.15) is 5.82 Å². The van der Waals surface area contributed by atoms with Crippen molar-refractivity contribution >= 4 is 21.8 Å². The number of ether oxygens (including phenoxy) is 1. The predicted octanol–water partition coefficient (Wildman–Crippen LogP) is 2.84. The lowest BCUT2D eigenvalue weighted by Gasteiger charge is -2.22. The third-order valence-corrected chi connectivity index (χ3v) is 3.44. The zero-order chi connectivity index (χ0) is 13.1. The van der Waals surface area contributed by atoms with Crippen LogP contribution in [0.15, 0.2) is 22.7 Å². The maximum atomic E-state index is 13.7. The summed E-state index contributed by atoms with van der Waals surface area (Å²) in [5, 5.41) is 0. The standard InChI is InChI=1S/C13H15BrFNO2/c1-18-7-6-16(10-3-4-10)13(17)11-8-9(14)2-5-12(11)15/h2,5,8,10H,3-4,6-7H2,1H3. The summed E-state index contributed by atoms with van der Waals surface area (Å²) in [5.41, 5.74) is 0.118. The normalized spacial score (nSPS) is 14.6. The second-order valence-electron chi connectivity index (χ2n) is 4.35. The summed E-state index contributed by atoms with van der Waals surface area (Å²) in [5.74, 6) is -0.736. The van der Waals surface area contributed by atoms with Gasteiger partial charge in [-0.25, -0.2) is 4.39 Å². The van der Waals surface area contributed by atoms with Crippen molar-refractivity contribution in [3.8, 4) is 0 Å². The maximum Gasteiger partial charge on any atom is 0.257 e. The summed E-state index contributed by atoms with van der Waals surface area (Å²) in [4.78, 5) is 14.0. The Morgan fingerprint density at radius 3 is 2.89 bits per heavy atom. The van der Waals surface area contributed by atoms with E-state index in [0.29, 0.717) is 17.6 Å². The Kier molecular flexibility index (Phi) is 4.35. The molecule has 0 aliphatic heterocycles. The van der Waals surface area contributed by atoms with Crippen molar-refractivity contribution in [2.45, 2.75) is 18.9 Å². The lowest BCUT2D eigenvalue weighted by atomic mass is 10.2. The molecule has 1 aromatic rings. The SMILES string of the molecule is COCCN(C(=O)c1cc(Br)ccc1F)C1CC1. The molecule has 0 heterocycles. The van der Waals surface area contributed by atoms with E-state index < -0.39 is 5.82 Å². The minimum Gasteiger partial charge on any atom is -0.383 e. The number of hydrogen-bond acceptors (Lipinski definition) is 2. The Labute approximate surface area is 114 Å². The number of hydrogen-bond donors (Lipinski definition) is 0. The Hall–Kier alpha value is -0.940. The van der Waals surface area contributed by atoms with Crippen molar-refractivity contribution in [3.05, 3.63) is 34.1 Å². The molecule has 1 aliphatic carbocycles. The molecule has 5 heteroatoms. The monoisotopic (exact) mass is 315 g/mol. The van der Waals surface area contributed by atoms with Crippen molar-refractivity contribution < 1.29 is 13.9 Å². The molecule has 0 aromatic heterocycles. The van der Waals surface area contributed by atoms with Crippen molar-refractivity contribution in [2.75, 3.05) is 20.3 Å². The average molecular weight is 316 g/mol. The van der Waals surface area contributed by atoms with Crippen LogP contribution in [0, 0.1) is 5.82 Å². The van der Waals surface area contributed by atoms with E-state index in [1.807, 2.05) is 0 Å². The summed E-state index contributed by atoms with van der Waals surface area (Å²) in [6, 6.07) is 4.66. The third-order valence-electron chi connectivity index (χ3n) is 2.94. The first kappa shape index (κ1) is 13.5. The smallest absolute Gasteiger partial charge is 0.257 e. The number of carbonyl (C=O) groups is 1. The zero-order valence-electron chi connectivity index (χ0n) is 10.2. The van der Waals surface area contributed by atoms with Crippen LogP contribution in [-0.4, -0.2) is 37.1 Å². The second-order valence-corrected chi connectivity index (χ2v) is 5.26. The first-order valence-corrected chi connectivity index (χ1v) is 6.67. The van der Waals surface area contributed by atoms with Crippen molar-refractivity contribution in [2.24, 2.45) is 0 Å². The van der Waals surface area contributed by atoms with Crippen molar-refractivity contribution in [1.29, 1.82) is 0 Å². The number of nitrogens with zero attached hydrogens (tertiary/aromatic N) is 1. The summed E-state index contributed by atoms with van der Waals surface area (Å²) >= 11 is 3.26. The Balaban J connectivity index is 2.19. The molecule has 0 unspecified atom stereocenters. The molecule has 1 amide bonds. The van der Waals surface area contributed by atoms with Crippen LogP contribution < -0.4 is 0 Å². The van der Waals surface area contributed by atoms with Gasteiger partial charge in [0.05, 0.1) is 12.2 Å². The minimum atomic E-state index is -0.480. The molecule has 3 nitrogen and oxygen atoms in total. The fourth-order valence-corrected chi connectivity index (χ4v) is 2.20. The highest BCUT2D eigenvalue weighted by molar-refractivity contribution is 9.10. The summed E-state index contributed by atoms with van der Waals surface area (Å²) in [6.07, 6.45) is 1.98. The van der Waals surface area contributed by atoms with Gasteiger partial charge >= 0.3 is 0 Å². The Bertz CT molecular complexity index is 449. The van der Waals surface area contributed by atoms with Gasteiger partial charge in [-0.2, -0.15) is 0 Å². The molecule has 0 atom stereocenters. The van der Waals surface area contributed by atoms with E-state index >= 15 is 0 Å². The van der Waals surface area contributed by atoms with Crippen molar-refractivity contribution in [1.82, 2.24) is 4.90 Å². The molecule has 0 radical (unpaired) electrons. The predicted molar refractivity (Wildman–Crippen MR) is 70.0 cm³/mol. The fourth-order valence-electron chi connectivity index (χ4n) is 1.84. The number of carbonyl (C=O) groups excluding carboxylic acids is 1. The van der Waals surface area contributed by atoms with E-state index in [0.717, 1.165) is 12.8 Å². The summed E-state index contributed by atoms with van der Waals surface area (Å²) in [6.45, 7) is 0.976. The molecule has 0 spiro atoms. The van der Waals surface area contributed by atoms with Gasteiger partial charge in [-0.1, -0.05) is 15.9 Å². The Morgan fingerprint density at radius 1 is 1.56 bits per heavy atom. The molecule has 0 bridgehead atoms. The first-order valence-electron chi connectivity index (χ1n) is 5.88. The molecule has 98 valence electrons. The van der Waals surface area contributed by atoms with E-state index in [1.54, 1.807) is 18.1 Å².